The lowest BCUT2D eigenvalue weighted by Crippen LogP contribution is -2.27. The van der Waals surface area contributed by atoms with Crippen molar-refractivity contribution in [3.63, 3.8) is 0 Å². The summed E-state index contributed by atoms with van der Waals surface area (Å²) >= 11 is 0. The largest absolute Gasteiger partial charge is 0.457 e. The second-order valence-electron chi connectivity index (χ2n) is 15.4. The maximum absolute atomic E-state index is 12.3. The molecule has 0 saturated heterocycles. The van der Waals surface area contributed by atoms with Gasteiger partial charge in [-0.3, -0.25) is 4.79 Å². The average molecular weight is 863 g/mol. The van der Waals surface area contributed by atoms with Crippen LogP contribution in [0.25, 0.3) is 0 Å². The van der Waals surface area contributed by atoms with Crippen LogP contribution in [0.15, 0.2) is 170 Å². The summed E-state index contributed by atoms with van der Waals surface area (Å²) in [5, 5.41) is 9.64. The molecule has 0 spiro atoms. The molecule has 0 aromatic heterocycles. The van der Waals surface area contributed by atoms with Crippen LogP contribution in [0.4, 0.5) is 0 Å². The van der Waals surface area contributed by atoms with E-state index in [9.17, 15) is 9.90 Å². The van der Waals surface area contributed by atoms with Crippen molar-refractivity contribution in [1.82, 2.24) is 0 Å². The summed E-state index contributed by atoms with van der Waals surface area (Å²) in [5.74, 6) is -0.250. The summed E-state index contributed by atoms with van der Waals surface area (Å²) in [6.07, 6.45) is 85.7. The fourth-order valence-corrected chi connectivity index (χ4v) is 5.93. The van der Waals surface area contributed by atoms with Crippen LogP contribution in [0.5, 0.6) is 0 Å². The third-order valence-electron chi connectivity index (χ3n) is 9.54. The van der Waals surface area contributed by atoms with Gasteiger partial charge in [-0.05, 0) is 128 Å². The van der Waals surface area contributed by atoms with Crippen LogP contribution in [0.3, 0.4) is 0 Å². The first-order valence-corrected chi connectivity index (χ1v) is 24.7. The Balaban J connectivity index is 3.66. The molecule has 0 aliphatic heterocycles. The van der Waals surface area contributed by atoms with Crippen LogP contribution in [0.1, 0.15) is 168 Å². The molecule has 4 nitrogen and oxygen atoms in total. The maximum Gasteiger partial charge on any atom is 0.306 e. The third-order valence-corrected chi connectivity index (χ3v) is 9.54. The number of rotatable bonds is 43. The normalized spacial score (nSPS) is 13.9. The van der Waals surface area contributed by atoms with Gasteiger partial charge in [-0.15, -0.1) is 0 Å². The monoisotopic (exact) mass is 863 g/mol. The fraction of sp³-hybridized carbons (Fsp3) is 0.508. The number of aliphatic hydroxyl groups excluding tert-OH is 1. The molecular formula is C59H90O4. The minimum Gasteiger partial charge on any atom is -0.457 e. The number of hydrogen-bond acceptors (Lipinski definition) is 4. The standard InChI is InChI=1S/C59H90O4/c1-3-5-7-9-11-13-15-17-19-21-23-25-27-29-31-33-35-37-39-41-43-45-47-49-51-53-55-62-57-58(56-60)63-59(61)54-52-50-48-46-44-42-40-38-36-34-32-30-28-26-24-22-20-18-16-14-12-10-8-6-4-2/h5-8,11-14,17-20,23-26,29-32,35-38,41-44,58,60H,3-4,9-10,15-16,21-22,27-28,33-34,39-40,45-57H2,1-2H3/b7-5-,8-6-,13-11-,14-12-,19-17-,20-18-,25-23-,26-24-,31-29-,32-30-,37-35-,38-36-,43-41-,44-42-. The van der Waals surface area contributed by atoms with Gasteiger partial charge in [0.15, 0.2) is 0 Å². The molecule has 4 heteroatoms. The van der Waals surface area contributed by atoms with Gasteiger partial charge in [-0.2, -0.15) is 0 Å². The number of carbonyl (C=O) groups excluding carboxylic acids is 1. The second kappa shape index (κ2) is 53.9. The molecular weight excluding hydrogens is 773 g/mol. The Kier molecular flexibility index (Phi) is 50.2. The van der Waals surface area contributed by atoms with E-state index >= 15 is 0 Å². The molecule has 0 radical (unpaired) electrons. The number of hydrogen-bond donors (Lipinski definition) is 1. The van der Waals surface area contributed by atoms with Gasteiger partial charge >= 0.3 is 5.97 Å². The van der Waals surface area contributed by atoms with Gasteiger partial charge in [0.1, 0.15) is 6.10 Å². The molecule has 0 heterocycles. The molecule has 0 saturated carbocycles. The molecule has 0 rings (SSSR count). The van der Waals surface area contributed by atoms with E-state index in [1.54, 1.807) is 0 Å². The molecule has 1 unspecified atom stereocenters. The molecule has 63 heavy (non-hydrogen) atoms. The summed E-state index contributed by atoms with van der Waals surface area (Å²) < 4.78 is 11.2. The van der Waals surface area contributed by atoms with E-state index in [1.165, 1.54) is 12.8 Å². The van der Waals surface area contributed by atoms with Gasteiger partial charge in [0.25, 0.3) is 0 Å². The van der Waals surface area contributed by atoms with E-state index in [1.807, 2.05) is 0 Å². The average Bonchev–Trinajstić information content (AvgIpc) is 3.29. The molecule has 1 atom stereocenters. The van der Waals surface area contributed by atoms with Gasteiger partial charge < -0.3 is 14.6 Å². The zero-order valence-electron chi connectivity index (χ0n) is 40.0. The first-order chi connectivity index (χ1) is 31.2. The minimum absolute atomic E-state index is 0.210. The highest BCUT2D eigenvalue weighted by atomic mass is 16.6. The molecule has 0 aromatic rings. The summed E-state index contributed by atoms with van der Waals surface area (Å²) in [7, 11) is 0. The Morgan fingerprint density at radius 1 is 0.381 bits per heavy atom. The maximum atomic E-state index is 12.3. The predicted octanol–water partition coefficient (Wildman–Crippen LogP) is 17.1. The van der Waals surface area contributed by atoms with Crippen molar-refractivity contribution in [2.24, 2.45) is 0 Å². The molecule has 0 amide bonds. The van der Waals surface area contributed by atoms with Crippen molar-refractivity contribution in [2.45, 2.75) is 174 Å². The van der Waals surface area contributed by atoms with E-state index in [-0.39, 0.29) is 19.2 Å². The van der Waals surface area contributed by atoms with Crippen molar-refractivity contribution < 1.29 is 19.4 Å². The molecule has 350 valence electrons. The molecule has 0 fully saturated rings. The molecule has 0 aromatic carbocycles. The van der Waals surface area contributed by atoms with Gasteiger partial charge in [-0.1, -0.05) is 203 Å². The van der Waals surface area contributed by atoms with Crippen molar-refractivity contribution in [1.29, 1.82) is 0 Å². The molecule has 1 N–H and O–H groups in total. The lowest BCUT2D eigenvalue weighted by molar-refractivity contribution is -0.154. The van der Waals surface area contributed by atoms with Crippen LogP contribution in [0.2, 0.25) is 0 Å². The highest BCUT2D eigenvalue weighted by Crippen LogP contribution is 2.09. The van der Waals surface area contributed by atoms with E-state index in [4.69, 9.17) is 9.47 Å². The Morgan fingerprint density at radius 2 is 0.667 bits per heavy atom. The van der Waals surface area contributed by atoms with Crippen molar-refractivity contribution in [3.8, 4) is 0 Å². The smallest absolute Gasteiger partial charge is 0.306 e. The zero-order chi connectivity index (χ0) is 45.5. The van der Waals surface area contributed by atoms with Crippen LogP contribution in [-0.4, -0.2) is 37.0 Å². The quantitative estimate of drug-likeness (QED) is 0.0377. The van der Waals surface area contributed by atoms with E-state index in [0.717, 1.165) is 135 Å². The highest BCUT2D eigenvalue weighted by Gasteiger charge is 2.13. The van der Waals surface area contributed by atoms with E-state index in [0.29, 0.717) is 13.0 Å². The van der Waals surface area contributed by atoms with Crippen LogP contribution in [-0.2, 0) is 14.3 Å². The Bertz CT molecular complexity index is 1420. The summed E-state index contributed by atoms with van der Waals surface area (Å²) in [4.78, 5) is 12.3. The van der Waals surface area contributed by atoms with E-state index < -0.39 is 6.10 Å². The van der Waals surface area contributed by atoms with Crippen molar-refractivity contribution in [2.75, 3.05) is 19.8 Å². The van der Waals surface area contributed by atoms with Crippen LogP contribution in [0, 0.1) is 0 Å². The summed E-state index contributed by atoms with van der Waals surface area (Å²) in [5.41, 5.74) is 0. The molecule has 0 aliphatic rings. The third kappa shape index (κ3) is 52.0. The van der Waals surface area contributed by atoms with Crippen molar-refractivity contribution in [3.05, 3.63) is 170 Å². The first-order valence-electron chi connectivity index (χ1n) is 24.7. The Hall–Kier alpha value is -4.25. The lowest BCUT2D eigenvalue weighted by Gasteiger charge is -2.15. The number of allylic oxidation sites excluding steroid dienone is 28. The zero-order valence-corrected chi connectivity index (χ0v) is 40.0. The fourth-order valence-electron chi connectivity index (χ4n) is 5.93. The highest BCUT2D eigenvalue weighted by molar-refractivity contribution is 5.69. The minimum atomic E-state index is -0.583. The molecule has 0 aliphatic carbocycles. The SMILES string of the molecule is CC/C=C\C/C=C\C/C=C\C/C=C\C/C=C\C/C=C\C/C=C\CCCCCCOCC(CO)OC(=O)CCCCC/C=C\C/C=C\C/C=C\C/C=C\C/C=C\C/C=C\C/C=C\CC. The number of carbonyl (C=O) groups is 1. The van der Waals surface area contributed by atoms with Crippen LogP contribution < -0.4 is 0 Å². The van der Waals surface area contributed by atoms with E-state index in [2.05, 4.69) is 184 Å². The number of esters is 1. The summed E-state index contributed by atoms with van der Waals surface area (Å²) in [6.45, 7) is 4.99. The van der Waals surface area contributed by atoms with Gasteiger partial charge in [-0.25, -0.2) is 0 Å². The van der Waals surface area contributed by atoms with Gasteiger partial charge in [0, 0.05) is 13.0 Å². The van der Waals surface area contributed by atoms with Crippen LogP contribution >= 0.6 is 0 Å². The van der Waals surface area contributed by atoms with Gasteiger partial charge in [0.05, 0.1) is 13.2 Å². The number of unbranched alkanes of at least 4 members (excludes halogenated alkanes) is 7. The second-order valence-corrected chi connectivity index (χ2v) is 15.4. The first kappa shape index (κ1) is 58.8. The topological polar surface area (TPSA) is 55.8 Å². The summed E-state index contributed by atoms with van der Waals surface area (Å²) in [6, 6.07) is 0. The van der Waals surface area contributed by atoms with Gasteiger partial charge in [0.2, 0.25) is 0 Å². The number of ether oxygens (including phenoxy) is 2. The Labute approximate surface area is 387 Å². The Morgan fingerprint density at radius 3 is 0.984 bits per heavy atom. The predicted molar refractivity (Wildman–Crippen MR) is 278 cm³/mol. The molecule has 0 bridgehead atoms. The lowest BCUT2D eigenvalue weighted by atomic mass is 10.1. The van der Waals surface area contributed by atoms with Crippen molar-refractivity contribution >= 4 is 5.97 Å². The number of aliphatic hydroxyl groups is 1.